The first-order valence-corrected chi connectivity index (χ1v) is 11.7. The molecule has 1 N–H and O–H groups in total. The normalized spacial score (nSPS) is 11.1. The fraction of sp³-hybridized carbons (Fsp3) is 0.261. The standard InChI is InChI=1S/C23H26N2O6S/c1-16-7-9-19(12-17(16)2)24-23(26)25(15-20-6-5-11-30-20)14-18-8-10-21(29-3)22(13-18)31-32(4,27)28/h5-13H,14-15H2,1-4H3,(H,24,26). The van der Waals surface area contributed by atoms with Crippen molar-refractivity contribution >= 4 is 21.8 Å². The molecular formula is C23H26N2O6S. The van der Waals surface area contributed by atoms with Crippen molar-refractivity contribution < 1.29 is 26.5 Å². The van der Waals surface area contributed by atoms with Gasteiger partial charge in [-0.1, -0.05) is 12.1 Å². The van der Waals surface area contributed by atoms with Gasteiger partial charge in [-0.3, -0.25) is 0 Å². The molecule has 0 saturated heterocycles. The average molecular weight is 459 g/mol. The van der Waals surface area contributed by atoms with Gasteiger partial charge in [0.1, 0.15) is 5.76 Å². The third-order valence-corrected chi connectivity index (χ3v) is 5.30. The molecule has 3 aromatic rings. The molecule has 8 nitrogen and oxygen atoms in total. The number of nitrogens with one attached hydrogen (secondary N) is 1. The number of hydrogen-bond donors (Lipinski definition) is 1. The van der Waals surface area contributed by atoms with Crippen LogP contribution in [-0.4, -0.2) is 32.7 Å². The van der Waals surface area contributed by atoms with E-state index in [0.717, 1.165) is 17.4 Å². The molecule has 0 bridgehead atoms. The van der Waals surface area contributed by atoms with Crippen LogP contribution in [-0.2, 0) is 23.2 Å². The summed E-state index contributed by atoms with van der Waals surface area (Å²) in [5.74, 6) is 0.942. The number of anilines is 1. The number of rotatable bonds is 8. The summed E-state index contributed by atoms with van der Waals surface area (Å²) in [4.78, 5) is 14.7. The van der Waals surface area contributed by atoms with Gasteiger partial charge in [0.15, 0.2) is 11.5 Å². The van der Waals surface area contributed by atoms with E-state index in [-0.39, 0.29) is 30.6 Å². The van der Waals surface area contributed by atoms with E-state index in [9.17, 15) is 13.2 Å². The Kier molecular flexibility index (Phi) is 7.09. The van der Waals surface area contributed by atoms with Crippen molar-refractivity contribution in [2.45, 2.75) is 26.9 Å². The number of ether oxygens (including phenoxy) is 1. The fourth-order valence-electron chi connectivity index (χ4n) is 3.08. The molecule has 9 heteroatoms. The van der Waals surface area contributed by atoms with Crippen LogP contribution in [0.1, 0.15) is 22.5 Å². The zero-order chi connectivity index (χ0) is 23.3. The number of benzene rings is 2. The summed E-state index contributed by atoms with van der Waals surface area (Å²) in [5, 5.41) is 2.91. The van der Waals surface area contributed by atoms with Gasteiger partial charge < -0.3 is 23.6 Å². The Morgan fingerprint density at radius 1 is 1.03 bits per heavy atom. The number of hydrogen-bond acceptors (Lipinski definition) is 6. The number of methoxy groups -OCH3 is 1. The number of furan rings is 1. The van der Waals surface area contributed by atoms with Crippen molar-refractivity contribution in [2.24, 2.45) is 0 Å². The first-order valence-electron chi connectivity index (χ1n) is 9.86. The van der Waals surface area contributed by atoms with Crippen molar-refractivity contribution in [1.29, 1.82) is 0 Å². The number of carbonyl (C=O) groups excluding carboxylic acids is 1. The predicted molar refractivity (Wildman–Crippen MR) is 121 cm³/mol. The maximum absolute atomic E-state index is 13.1. The largest absolute Gasteiger partial charge is 0.493 e. The SMILES string of the molecule is COc1ccc(CN(Cc2ccco2)C(=O)Nc2ccc(C)c(C)c2)cc1OS(C)(=O)=O. The Hall–Kier alpha value is -3.46. The van der Waals surface area contributed by atoms with Crippen LogP contribution in [0.15, 0.2) is 59.2 Å². The molecule has 170 valence electrons. The number of carbonyl (C=O) groups is 1. The van der Waals surface area contributed by atoms with E-state index in [2.05, 4.69) is 5.32 Å². The van der Waals surface area contributed by atoms with E-state index in [1.807, 2.05) is 32.0 Å². The quantitative estimate of drug-likeness (QED) is 0.500. The fourth-order valence-corrected chi connectivity index (χ4v) is 3.54. The van der Waals surface area contributed by atoms with E-state index < -0.39 is 10.1 Å². The highest BCUT2D eigenvalue weighted by molar-refractivity contribution is 7.86. The van der Waals surface area contributed by atoms with Gasteiger partial charge in [-0.2, -0.15) is 8.42 Å². The monoisotopic (exact) mass is 458 g/mol. The second-order valence-electron chi connectivity index (χ2n) is 7.44. The zero-order valence-corrected chi connectivity index (χ0v) is 19.2. The van der Waals surface area contributed by atoms with Crippen LogP contribution in [0.3, 0.4) is 0 Å². The maximum Gasteiger partial charge on any atom is 0.322 e. The molecule has 0 radical (unpaired) electrons. The van der Waals surface area contributed by atoms with Gasteiger partial charge in [0.05, 0.1) is 26.2 Å². The van der Waals surface area contributed by atoms with Gasteiger partial charge in [-0.25, -0.2) is 4.79 Å². The molecule has 32 heavy (non-hydrogen) atoms. The second kappa shape index (κ2) is 9.78. The molecule has 1 heterocycles. The number of aryl methyl sites for hydroxylation is 2. The lowest BCUT2D eigenvalue weighted by Gasteiger charge is -2.23. The Bertz CT molecular complexity index is 1190. The molecule has 0 saturated carbocycles. The van der Waals surface area contributed by atoms with Gasteiger partial charge in [0, 0.05) is 12.2 Å². The minimum Gasteiger partial charge on any atom is -0.493 e. The smallest absolute Gasteiger partial charge is 0.322 e. The summed E-state index contributed by atoms with van der Waals surface area (Å²) in [7, 11) is -2.33. The van der Waals surface area contributed by atoms with Gasteiger partial charge in [0.25, 0.3) is 0 Å². The summed E-state index contributed by atoms with van der Waals surface area (Å²) in [6, 6.07) is 13.8. The highest BCUT2D eigenvalue weighted by atomic mass is 32.2. The molecule has 2 aromatic carbocycles. The Balaban J connectivity index is 1.86. The third kappa shape index (κ3) is 6.27. The number of nitrogens with zero attached hydrogens (tertiary/aromatic N) is 1. The summed E-state index contributed by atoms with van der Waals surface area (Å²) < 4.78 is 38.9. The molecule has 3 rings (SSSR count). The summed E-state index contributed by atoms with van der Waals surface area (Å²) in [5.41, 5.74) is 3.54. The maximum atomic E-state index is 13.1. The molecule has 0 atom stereocenters. The van der Waals surface area contributed by atoms with Crippen molar-refractivity contribution in [2.75, 3.05) is 18.7 Å². The van der Waals surface area contributed by atoms with E-state index in [1.54, 1.807) is 41.5 Å². The second-order valence-corrected chi connectivity index (χ2v) is 9.01. The molecule has 0 aliphatic carbocycles. The minimum atomic E-state index is -3.75. The van der Waals surface area contributed by atoms with Gasteiger partial charge in [-0.05, 0) is 66.9 Å². The van der Waals surface area contributed by atoms with Crippen molar-refractivity contribution in [3.8, 4) is 11.5 Å². The molecule has 2 amide bonds. The molecule has 0 spiro atoms. The topological polar surface area (TPSA) is 98.1 Å². The molecule has 0 aliphatic heterocycles. The summed E-state index contributed by atoms with van der Waals surface area (Å²) in [6.45, 7) is 4.38. The Labute approximate surface area is 187 Å². The van der Waals surface area contributed by atoms with E-state index in [4.69, 9.17) is 13.3 Å². The van der Waals surface area contributed by atoms with E-state index in [1.165, 1.54) is 7.11 Å². The first kappa shape index (κ1) is 23.2. The van der Waals surface area contributed by atoms with Gasteiger partial charge >= 0.3 is 16.1 Å². The van der Waals surface area contributed by atoms with Crippen molar-refractivity contribution in [1.82, 2.24) is 4.90 Å². The third-order valence-electron chi connectivity index (χ3n) is 4.81. The molecule has 1 aromatic heterocycles. The number of urea groups is 1. The van der Waals surface area contributed by atoms with Crippen LogP contribution < -0.4 is 14.2 Å². The molecule has 0 aliphatic rings. The van der Waals surface area contributed by atoms with Crippen LogP contribution >= 0.6 is 0 Å². The Morgan fingerprint density at radius 2 is 1.81 bits per heavy atom. The van der Waals surface area contributed by atoms with Crippen molar-refractivity contribution in [3.05, 3.63) is 77.2 Å². The summed E-state index contributed by atoms with van der Waals surface area (Å²) >= 11 is 0. The van der Waals surface area contributed by atoms with Crippen molar-refractivity contribution in [3.63, 3.8) is 0 Å². The van der Waals surface area contributed by atoms with Crippen LogP contribution in [0, 0.1) is 13.8 Å². The predicted octanol–water partition coefficient (Wildman–Crippen LogP) is 4.48. The van der Waals surface area contributed by atoms with Gasteiger partial charge in [0.2, 0.25) is 0 Å². The lowest BCUT2D eigenvalue weighted by atomic mass is 10.1. The molecular weight excluding hydrogens is 432 g/mol. The Morgan fingerprint density at radius 3 is 2.44 bits per heavy atom. The zero-order valence-electron chi connectivity index (χ0n) is 18.4. The van der Waals surface area contributed by atoms with E-state index >= 15 is 0 Å². The van der Waals surface area contributed by atoms with Gasteiger partial charge in [-0.15, -0.1) is 0 Å². The molecule has 0 unspecified atom stereocenters. The number of amides is 2. The molecule has 0 fully saturated rings. The lowest BCUT2D eigenvalue weighted by molar-refractivity contribution is 0.201. The van der Waals surface area contributed by atoms with Crippen LogP contribution in [0.5, 0.6) is 11.5 Å². The van der Waals surface area contributed by atoms with E-state index in [0.29, 0.717) is 17.0 Å². The first-order chi connectivity index (χ1) is 15.1. The lowest BCUT2D eigenvalue weighted by Crippen LogP contribution is -2.34. The van der Waals surface area contributed by atoms with Crippen LogP contribution in [0.4, 0.5) is 10.5 Å². The van der Waals surface area contributed by atoms with Crippen LogP contribution in [0.25, 0.3) is 0 Å². The highest BCUT2D eigenvalue weighted by Gasteiger charge is 2.19. The van der Waals surface area contributed by atoms with Crippen LogP contribution in [0.2, 0.25) is 0 Å². The summed E-state index contributed by atoms with van der Waals surface area (Å²) in [6.07, 6.45) is 2.50. The average Bonchev–Trinajstić information content (AvgIpc) is 3.22. The highest BCUT2D eigenvalue weighted by Crippen LogP contribution is 2.30. The minimum absolute atomic E-state index is 0.0556.